The van der Waals surface area contributed by atoms with Crippen molar-refractivity contribution in [2.24, 2.45) is 4.99 Å². The fourth-order valence-corrected chi connectivity index (χ4v) is 5.15. The number of thioether (sulfide) groups is 1. The van der Waals surface area contributed by atoms with E-state index in [4.69, 9.17) is 0 Å². The minimum atomic E-state index is -0.799. The summed E-state index contributed by atoms with van der Waals surface area (Å²) in [6, 6.07) is 15.6. The van der Waals surface area contributed by atoms with Crippen LogP contribution in [0.5, 0.6) is 0 Å². The number of halogens is 2. The van der Waals surface area contributed by atoms with E-state index in [1.807, 2.05) is 37.3 Å². The number of aliphatic imine (C=N–C) groups is 1. The second kappa shape index (κ2) is 8.34. The molecule has 1 atom stereocenters. The van der Waals surface area contributed by atoms with Crippen molar-refractivity contribution in [2.75, 3.05) is 16.4 Å². The molecular weight excluding hydrogens is 412 g/mol. The monoisotopic (exact) mass is 429 g/mol. The highest BCUT2D eigenvalue weighted by Gasteiger charge is 2.25. The first-order chi connectivity index (χ1) is 14.0. The van der Waals surface area contributed by atoms with E-state index in [1.165, 1.54) is 17.8 Å². The van der Waals surface area contributed by atoms with Crippen LogP contribution in [0.25, 0.3) is 10.4 Å². The molecule has 0 unspecified atom stereocenters. The van der Waals surface area contributed by atoms with E-state index < -0.39 is 23.2 Å². The highest BCUT2D eigenvalue weighted by atomic mass is 32.2. The zero-order valence-corrected chi connectivity index (χ0v) is 17.0. The molecule has 3 aromatic rings. The first kappa shape index (κ1) is 19.6. The first-order valence-electron chi connectivity index (χ1n) is 8.87. The number of hydrogen-bond donors (Lipinski definition) is 2. The van der Waals surface area contributed by atoms with Gasteiger partial charge in [0.15, 0.2) is 0 Å². The predicted octanol–water partition coefficient (Wildman–Crippen LogP) is 5.91. The van der Waals surface area contributed by atoms with E-state index in [9.17, 15) is 13.6 Å². The molecule has 2 heterocycles. The second-order valence-electron chi connectivity index (χ2n) is 6.41. The smallest absolute Gasteiger partial charge is 0.234 e. The average Bonchev–Trinajstić information content (AvgIpc) is 3.14. The first-order valence-corrected chi connectivity index (χ1v) is 10.7. The van der Waals surface area contributed by atoms with Gasteiger partial charge >= 0.3 is 0 Å². The van der Waals surface area contributed by atoms with Crippen LogP contribution in [0, 0.1) is 11.6 Å². The Bertz CT molecular complexity index is 1060. The van der Waals surface area contributed by atoms with Gasteiger partial charge in [-0.2, -0.15) is 0 Å². The zero-order valence-electron chi connectivity index (χ0n) is 15.4. The number of anilines is 2. The largest absolute Gasteiger partial charge is 0.336 e. The maximum atomic E-state index is 13.7. The van der Waals surface area contributed by atoms with Crippen molar-refractivity contribution in [1.82, 2.24) is 0 Å². The summed E-state index contributed by atoms with van der Waals surface area (Å²) >= 11 is 2.95. The quantitative estimate of drug-likeness (QED) is 0.530. The van der Waals surface area contributed by atoms with Crippen LogP contribution in [0.4, 0.5) is 19.5 Å². The number of benzene rings is 2. The maximum Gasteiger partial charge on any atom is 0.234 e. The number of nitrogens with zero attached hydrogens (tertiary/aromatic N) is 1. The molecular formula is C21H17F2N3OS2. The van der Waals surface area contributed by atoms with Crippen molar-refractivity contribution in [1.29, 1.82) is 0 Å². The van der Waals surface area contributed by atoms with Crippen molar-refractivity contribution in [3.8, 4) is 10.4 Å². The molecule has 2 aromatic carbocycles. The Labute approximate surface area is 175 Å². The third kappa shape index (κ3) is 4.33. The Morgan fingerprint density at radius 3 is 2.62 bits per heavy atom. The molecule has 0 saturated carbocycles. The van der Waals surface area contributed by atoms with Gasteiger partial charge in [-0.05, 0) is 30.7 Å². The molecule has 1 aromatic heterocycles. The summed E-state index contributed by atoms with van der Waals surface area (Å²) in [6.45, 7) is 1.87. The summed E-state index contributed by atoms with van der Waals surface area (Å²) in [4.78, 5) is 18.0. The van der Waals surface area contributed by atoms with E-state index in [2.05, 4.69) is 21.7 Å². The molecule has 4 nitrogen and oxygen atoms in total. The fraction of sp³-hybridized carbons (Fsp3) is 0.143. The minimum absolute atomic E-state index is 0.0190. The topological polar surface area (TPSA) is 53.5 Å². The number of rotatable bonds is 5. The molecule has 1 aliphatic heterocycles. The van der Waals surface area contributed by atoms with Gasteiger partial charge in [0.1, 0.15) is 27.7 Å². The third-order valence-electron chi connectivity index (χ3n) is 4.29. The molecule has 0 bridgehead atoms. The third-order valence-corrected chi connectivity index (χ3v) is 6.51. The Balaban J connectivity index is 1.48. The fourth-order valence-electron chi connectivity index (χ4n) is 2.95. The van der Waals surface area contributed by atoms with Crippen LogP contribution < -0.4 is 10.6 Å². The number of amides is 1. The summed E-state index contributed by atoms with van der Waals surface area (Å²) in [6.07, 6.45) is 0. The lowest BCUT2D eigenvalue weighted by Crippen LogP contribution is -2.19. The molecule has 1 amide bonds. The molecule has 0 aliphatic carbocycles. The van der Waals surface area contributed by atoms with Crippen LogP contribution in [-0.4, -0.2) is 17.5 Å². The molecule has 148 valence electrons. The van der Waals surface area contributed by atoms with Crippen LogP contribution in [-0.2, 0) is 4.79 Å². The SMILES string of the molecule is CC1=N[C@@H](SCC(=O)Nc2c(F)cccc2F)c2cc(-c3ccccc3)sc2N1. The number of thiophene rings is 1. The summed E-state index contributed by atoms with van der Waals surface area (Å²) < 4.78 is 27.5. The molecule has 2 N–H and O–H groups in total. The molecule has 8 heteroatoms. The van der Waals surface area contributed by atoms with E-state index in [-0.39, 0.29) is 11.1 Å². The normalized spacial score (nSPS) is 15.3. The van der Waals surface area contributed by atoms with Crippen LogP contribution in [0.3, 0.4) is 0 Å². The Kier molecular flexibility index (Phi) is 5.64. The van der Waals surface area contributed by atoms with Crippen molar-refractivity contribution in [3.63, 3.8) is 0 Å². The van der Waals surface area contributed by atoms with Crippen LogP contribution in [0.2, 0.25) is 0 Å². The molecule has 0 spiro atoms. The van der Waals surface area contributed by atoms with Gasteiger partial charge in [-0.1, -0.05) is 36.4 Å². The van der Waals surface area contributed by atoms with Gasteiger partial charge in [-0.15, -0.1) is 23.1 Å². The lowest BCUT2D eigenvalue weighted by molar-refractivity contribution is -0.113. The van der Waals surface area contributed by atoms with E-state index >= 15 is 0 Å². The molecule has 0 radical (unpaired) electrons. The van der Waals surface area contributed by atoms with Crippen LogP contribution >= 0.6 is 23.1 Å². The van der Waals surface area contributed by atoms with Gasteiger partial charge < -0.3 is 10.6 Å². The number of hydrogen-bond acceptors (Lipinski definition) is 5. The van der Waals surface area contributed by atoms with Crippen LogP contribution in [0.15, 0.2) is 59.6 Å². The Morgan fingerprint density at radius 1 is 1.17 bits per heavy atom. The Morgan fingerprint density at radius 2 is 1.90 bits per heavy atom. The lowest BCUT2D eigenvalue weighted by atomic mass is 10.1. The predicted molar refractivity (Wildman–Crippen MR) is 117 cm³/mol. The summed E-state index contributed by atoms with van der Waals surface area (Å²) in [5.74, 6) is -1.30. The van der Waals surface area contributed by atoms with Crippen LogP contribution in [0.1, 0.15) is 17.9 Å². The van der Waals surface area contributed by atoms with Gasteiger partial charge in [0.05, 0.1) is 11.6 Å². The Hall–Kier alpha value is -2.71. The van der Waals surface area contributed by atoms with Gasteiger partial charge in [0.25, 0.3) is 0 Å². The summed E-state index contributed by atoms with van der Waals surface area (Å²) in [5.41, 5.74) is 1.68. The summed E-state index contributed by atoms with van der Waals surface area (Å²) in [5, 5.41) is 6.32. The van der Waals surface area contributed by atoms with Gasteiger partial charge in [0, 0.05) is 10.4 Å². The van der Waals surface area contributed by atoms with Gasteiger partial charge in [-0.3, -0.25) is 9.79 Å². The molecule has 1 aliphatic rings. The highest BCUT2D eigenvalue weighted by molar-refractivity contribution is 8.00. The van der Waals surface area contributed by atoms with Crippen molar-refractivity contribution < 1.29 is 13.6 Å². The summed E-state index contributed by atoms with van der Waals surface area (Å²) in [7, 11) is 0. The van der Waals surface area contributed by atoms with E-state index in [0.717, 1.165) is 39.0 Å². The number of carbonyl (C=O) groups excluding carboxylic acids is 1. The van der Waals surface area contributed by atoms with Crippen molar-refractivity contribution in [3.05, 3.63) is 71.8 Å². The van der Waals surface area contributed by atoms with Gasteiger partial charge in [0.2, 0.25) is 5.91 Å². The number of amidine groups is 1. The standard InChI is InChI=1S/C21H17F2N3OS2/c1-12-24-20(28-11-18(27)26-19-15(22)8-5-9-16(19)23)14-10-17(29-21(14)25-12)13-6-3-2-4-7-13/h2-10,20H,11H2,1H3,(H,24,25)(H,26,27)/t20-/m0/s1. The number of fused-ring (bicyclic) bond motifs is 1. The molecule has 29 heavy (non-hydrogen) atoms. The average molecular weight is 430 g/mol. The van der Waals surface area contributed by atoms with Gasteiger partial charge in [-0.25, -0.2) is 8.78 Å². The van der Waals surface area contributed by atoms with E-state index in [0.29, 0.717) is 0 Å². The van der Waals surface area contributed by atoms with Crippen molar-refractivity contribution in [2.45, 2.75) is 12.3 Å². The molecule has 4 rings (SSSR count). The minimum Gasteiger partial charge on any atom is -0.336 e. The van der Waals surface area contributed by atoms with E-state index in [1.54, 1.807) is 11.3 Å². The second-order valence-corrected chi connectivity index (χ2v) is 8.53. The molecule has 0 saturated heterocycles. The number of nitrogens with one attached hydrogen (secondary N) is 2. The molecule has 0 fully saturated rings. The zero-order chi connectivity index (χ0) is 20.4. The maximum absolute atomic E-state index is 13.7. The number of para-hydroxylation sites is 1. The van der Waals surface area contributed by atoms with Crippen molar-refractivity contribution >= 4 is 45.5 Å². The number of carbonyl (C=O) groups is 1. The highest BCUT2D eigenvalue weighted by Crippen LogP contribution is 2.45. The lowest BCUT2D eigenvalue weighted by Gasteiger charge is -2.20.